The van der Waals surface area contributed by atoms with Crippen molar-refractivity contribution >= 4 is 35.8 Å². The van der Waals surface area contributed by atoms with Gasteiger partial charge >= 0.3 is 0 Å². The highest BCUT2D eigenvalue weighted by atomic mass is 127. The van der Waals surface area contributed by atoms with Crippen LogP contribution in [0.3, 0.4) is 0 Å². The van der Waals surface area contributed by atoms with Gasteiger partial charge in [0.2, 0.25) is 5.91 Å². The molecule has 1 fully saturated rings. The van der Waals surface area contributed by atoms with Crippen molar-refractivity contribution in [2.24, 2.45) is 16.6 Å². The molecule has 32 heavy (non-hydrogen) atoms. The van der Waals surface area contributed by atoms with Gasteiger partial charge in [0.1, 0.15) is 0 Å². The van der Waals surface area contributed by atoms with E-state index in [1.165, 1.54) is 22.3 Å². The molecule has 0 aliphatic carbocycles. The maximum atomic E-state index is 11.5. The second-order valence-corrected chi connectivity index (χ2v) is 8.33. The first-order chi connectivity index (χ1) is 15.0. The quantitative estimate of drug-likeness (QED) is 0.267. The molecule has 1 heterocycles. The maximum Gasteiger partial charge on any atom is 0.221 e. The molecular formula is C25H36IN5O. The number of carbonyl (C=O) groups excluding carboxylic acids is 1. The summed E-state index contributed by atoms with van der Waals surface area (Å²) in [6.45, 7) is 8.94. The minimum absolute atomic E-state index is 0. The molecule has 1 saturated heterocycles. The summed E-state index contributed by atoms with van der Waals surface area (Å²) >= 11 is 0. The van der Waals surface area contributed by atoms with Gasteiger partial charge in [-0.2, -0.15) is 0 Å². The maximum absolute atomic E-state index is 11.5. The SMILES string of the molecule is CCNC(=NCc1cccc(CN2CCCC(C(N)=O)C2)c1)NCc1ccc(C)cc1.I. The molecule has 1 aliphatic heterocycles. The first-order valence-electron chi connectivity index (χ1n) is 11.2. The number of carbonyl (C=O) groups is 1. The minimum Gasteiger partial charge on any atom is -0.369 e. The van der Waals surface area contributed by atoms with E-state index in [-0.39, 0.29) is 35.8 Å². The van der Waals surface area contributed by atoms with Crippen LogP contribution in [0.5, 0.6) is 0 Å². The van der Waals surface area contributed by atoms with Crippen LogP contribution in [0.25, 0.3) is 0 Å². The van der Waals surface area contributed by atoms with Crippen LogP contribution < -0.4 is 16.4 Å². The van der Waals surface area contributed by atoms with Gasteiger partial charge in [-0.15, -0.1) is 24.0 Å². The van der Waals surface area contributed by atoms with Gasteiger partial charge in [-0.3, -0.25) is 9.69 Å². The Bertz CT molecular complexity index is 884. The number of nitrogens with two attached hydrogens (primary N) is 1. The fourth-order valence-corrected chi connectivity index (χ4v) is 3.92. The van der Waals surface area contributed by atoms with Gasteiger partial charge in [-0.25, -0.2) is 4.99 Å². The Kier molecular flexibility index (Phi) is 11.0. The average Bonchev–Trinajstić information content (AvgIpc) is 2.77. The number of likely N-dealkylation sites (tertiary alicyclic amines) is 1. The van der Waals surface area contributed by atoms with Crippen LogP contribution in [-0.4, -0.2) is 36.4 Å². The third-order valence-corrected chi connectivity index (χ3v) is 5.65. The van der Waals surface area contributed by atoms with E-state index in [2.05, 4.69) is 77.9 Å². The second-order valence-electron chi connectivity index (χ2n) is 8.33. The summed E-state index contributed by atoms with van der Waals surface area (Å²) in [4.78, 5) is 18.6. The van der Waals surface area contributed by atoms with Crippen LogP contribution in [0, 0.1) is 12.8 Å². The number of hydrogen-bond acceptors (Lipinski definition) is 3. The lowest BCUT2D eigenvalue weighted by molar-refractivity contribution is -0.123. The summed E-state index contributed by atoms with van der Waals surface area (Å²) in [6.07, 6.45) is 1.93. The van der Waals surface area contributed by atoms with Gasteiger partial charge in [-0.1, -0.05) is 54.1 Å². The molecule has 4 N–H and O–H groups in total. The lowest BCUT2D eigenvalue weighted by atomic mass is 9.97. The smallest absolute Gasteiger partial charge is 0.221 e. The summed E-state index contributed by atoms with van der Waals surface area (Å²) < 4.78 is 0. The van der Waals surface area contributed by atoms with Crippen LogP contribution >= 0.6 is 24.0 Å². The molecule has 0 aromatic heterocycles. The highest BCUT2D eigenvalue weighted by molar-refractivity contribution is 14.0. The molecule has 0 bridgehead atoms. The molecule has 1 amide bonds. The number of amides is 1. The van der Waals surface area contributed by atoms with Crippen molar-refractivity contribution in [3.05, 3.63) is 70.8 Å². The zero-order valence-electron chi connectivity index (χ0n) is 19.1. The molecule has 174 valence electrons. The Morgan fingerprint density at radius 2 is 1.88 bits per heavy atom. The van der Waals surface area contributed by atoms with Crippen molar-refractivity contribution < 1.29 is 4.79 Å². The van der Waals surface area contributed by atoms with Gasteiger partial charge in [0, 0.05) is 26.2 Å². The number of aliphatic imine (C=N–C) groups is 1. The number of aryl methyl sites for hydroxylation is 1. The molecule has 2 aromatic rings. The van der Waals surface area contributed by atoms with Crippen molar-refractivity contribution in [3.63, 3.8) is 0 Å². The summed E-state index contributed by atoms with van der Waals surface area (Å²) in [6, 6.07) is 17.1. The predicted molar refractivity (Wildman–Crippen MR) is 142 cm³/mol. The molecule has 7 heteroatoms. The van der Waals surface area contributed by atoms with Crippen LogP contribution in [0.2, 0.25) is 0 Å². The highest BCUT2D eigenvalue weighted by Crippen LogP contribution is 2.19. The molecule has 6 nitrogen and oxygen atoms in total. The molecule has 0 spiro atoms. The number of piperidine rings is 1. The summed E-state index contributed by atoms with van der Waals surface area (Å²) in [5.74, 6) is 0.611. The second kappa shape index (κ2) is 13.4. The van der Waals surface area contributed by atoms with Gasteiger partial charge in [0.05, 0.1) is 12.5 Å². The lowest BCUT2D eigenvalue weighted by Crippen LogP contribution is -2.40. The number of rotatable bonds is 8. The number of halogens is 1. The highest BCUT2D eigenvalue weighted by Gasteiger charge is 2.23. The molecule has 0 radical (unpaired) electrons. The van der Waals surface area contributed by atoms with Gasteiger partial charge in [0.15, 0.2) is 5.96 Å². The zero-order valence-corrected chi connectivity index (χ0v) is 21.5. The Hall–Kier alpha value is -2.13. The van der Waals surface area contributed by atoms with E-state index in [0.717, 1.165) is 51.5 Å². The summed E-state index contributed by atoms with van der Waals surface area (Å²) in [5, 5.41) is 6.73. The number of hydrogen-bond donors (Lipinski definition) is 3. The number of guanidine groups is 1. The van der Waals surface area contributed by atoms with Gasteiger partial charge in [0.25, 0.3) is 0 Å². The van der Waals surface area contributed by atoms with Crippen LogP contribution in [0.4, 0.5) is 0 Å². The van der Waals surface area contributed by atoms with E-state index in [0.29, 0.717) is 6.54 Å². The van der Waals surface area contributed by atoms with Crippen LogP contribution in [0.1, 0.15) is 42.0 Å². The monoisotopic (exact) mass is 549 g/mol. The first kappa shape index (κ1) is 26.1. The summed E-state index contributed by atoms with van der Waals surface area (Å²) in [7, 11) is 0. The Morgan fingerprint density at radius 3 is 2.59 bits per heavy atom. The molecular weight excluding hydrogens is 513 g/mol. The minimum atomic E-state index is -0.179. The lowest BCUT2D eigenvalue weighted by Gasteiger charge is -2.31. The van der Waals surface area contributed by atoms with Crippen molar-refractivity contribution in [1.82, 2.24) is 15.5 Å². The van der Waals surface area contributed by atoms with Crippen molar-refractivity contribution in [3.8, 4) is 0 Å². The molecule has 1 unspecified atom stereocenters. The predicted octanol–water partition coefficient (Wildman–Crippen LogP) is 3.57. The van der Waals surface area contributed by atoms with Crippen molar-refractivity contribution in [2.45, 2.75) is 46.3 Å². The van der Waals surface area contributed by atoms with E-state index in [9.17, 15) is 4.79 Å². The standard InChI is InChI=1S/C25H35N5O.HI/c1-3-27-25(28-15-20-11-9-19(2)10-12-20)29-16-21-6-4-7-22(14-21)17-30-13-5-8-23(18-30)24(26)31;/h4,6-7,9-12,14,23H,3,5,8,13,15-18H2,1-2H3,(H2,26,31)(H2,27,28,29);1H. The Labute approximate surface area is 209 Å². The molecule has 3 rings (SSSR count). The van der Waals surface area contributed by atoms with Crippen molar-refractivity contribution in [1.29, 1.82) is 0 Å². The normalized spacial score (nSPS) is 16.8. The van der Waals surface area contributed by atoms with E-state index < -0.39 is 0 Å². The average molecular weight is 550 g/mol. The van der Waals surface area contributed by atoms with Crippen LogP contribution in [-0.2, 0) is 24.4 Å². The number of benzene rings is 2. The Balaban J connectivity index is 0.00000363. The van der Waals surface area contributed by atoms with E-state index in [4.69, 9.17) is 10.7 Å². The fourth-order valence-electron chi connectivity index (χ4n) is 3.92. The number of nitrogens with one attached hydrogen (secondary N) is 2. The third-order valence-electron chi connectivity index (χ3n) is 5.65. The van der Waals surface area contributed by atoms with E-state index in [1.807, 2.05) is 0 Å². The van der Waals surface area contributed by atoms with E-state index in [1.54, 1.807) is 0 Å². The number of nitrogens with zero attached hydrogens (tertiary/aromatic N) is 2. The molecule has 0 saturated carbocycles. The molecule has 1 atom stereocenters. The van der Waals surface area contributed by atoms with Crippen LogP contribution in [0.15, 0.2) is 53.5 Å². The summed E-state index contributed by atoms with van der Waals surface area (Å²) in [5.41, 5.74) is 10.4. The van der Waals surface area contributed by atoms with Gasteiger partial charge < -0.3 is 16.4 Å². The first-order valence-corrected chi connectivity index (χ1v) is 11.2. The third kappa shape index (κ3) is 8.43. The molecule has 1 aliphatic rings. The number of primary amides is 1. The Morgan fingerprint density at radius 1 is 1.12 bits per heavy atom. The topological polar surface area (TPSA) is 82.8 Å². The zero-order chi connectivity index (χ0) is 22.1. The molecule has 2 aromatic carbocycles. The largest absolute Gasteiger partial charge is 0.369 e. The fraction of sp³-hybridized carbons (Fsp3) is 0.440. The van der Waals surface area contributed by atoms with E-state index >= 15 is 0 Å². The van der Waals surface area contributed by atoms with Gasteiger partial charge in [-0.05, 0) is 49.9 Å². The van der Waals surface area contributed by atoms with Crippen molar-refractivity contribution in [2.75, 3.05) is 19.6 Å².